The van der Waals surface area contributed by atoms with Crippen LogP contribution < -0.4 is 10.2 Å². The molecule has 0 radical (unpaired) electrons. The number of hydrogen-bond donors (Lipinski definition) is 1. The van der Waals surface area contributed by atoms with E-state index in [9.17, 15) is 4.79 Å². The van der Waals surface area contributed by atoms with Crippen molar-refractivity contribution in [3.05, 3.63) is 65.2 Å². The highest BCUT2D eigenvalue weighted by atomic mass is 28.3. The van der Waals surface area contributed by atoms with Crippen molar-refractivity contribution in [2.24, 2.45) is 0 Å². The molecule has 0 aromatic heterocycles. The van der Waals surface area contributed by atoms with Gasteiger partial charge in [0, 0.05) is 24.8 Å². The summed E-state index contributed by atoms with van der Waals surface area (Å²) in [4.78, 5) is 14.2. The second kappa shape index (κ2) is 7.39. The van der Waals surface area contributed by atoms with Crippen molar-refractivity contribution in [2.75, 3.05) is 18.5 Å². The Hall–Kier alpha value is -2.51. The van der Waals surface area contributed by atoms with Crippen LogP contribution in [-0.4, -0.2) is 27.6 Å². The minimum Gasteiger partial charge on any atom is -0.355 e. The standard InChI is InChI=1S/C22H26N2OSi/c1-23-22(25)18-9-11-19(12-10-18)24-15-13-17-7-5-6-8-20(17)21(24)14-16-26(2,3)4/h5-12,21H,13,15H2,1-4H3,(H,23,25). The third-order valence-electron chi connectivity index (χ3n) is 4.56. The van der Waals surface area contributed by atoms with Crippen LogP contribution in [0.5, 0.6) is 0 Å². The highest BCUT2D eigenvalue weighted by Gasteiger charge is 2.26. The van der Waals surface area contributed by atoms with Crippen LogP contribution in [0.3, 0.4) is 0 Å². The smallest absolute Gasteiger partial charge is 0.251 e. The molecule has 1 amide bonds. The molecule has 1 aliphatic rings. The first-order valence-corrected chi connectivity index (χ1v) is 12.6. The number of nitrogens with zero attached hydrogens (tertiary/aromatic N) is 1. The van der Waals surface area contributed by atoms with Crippen molar-refractivity contribution >= 4 is 19.7 Å². The van der Waals surface area contributed by atoms with Gasteiger partial charge in [0.2, 0.25) is 0 Å². The summed E-state index contributed by atoms with van der Waals surface area (Å²) in [7, 11) is 0.190. The van der Waals surface area contributed by atoms with Gasteiger partial charge >= 0.3 is 0 Å². The Morgan fingerprint density at radius 1 is 1.12 bits per heavy atom. The monoisotopic (exact) mass is 362 g/mol. The van der Waals surface area contributed by atoms with Crippen molar-refractivity contribution in [2.45, 2.75) is 32.1 Å². The summed E-state index contributed by atoms with van der Waals surface area (Å²) in [6, 6.07) is 16.5. The summed E-state index contributed by atoms with van der Waals surface area (Å²) < 4.78 is 0. The van der Waals surface area contributed by atoms with E-state index in [1.165, 1.54) is 11.1 Å². The zero-order chi connectivity index (χ0) is 18.7. The SMILES string of the molecule is CNC(=O)c1ccc(N2CCc3ccccc3C2C#C[Si](C)(C)C)cc1. The Kier molecular flexibility index (Phi) is 5.20. The Morgan fingerprint density at radius 2 is 1.81 bits per heavy atom. The van der Waals surface area contributed by atoms with Crippen LogP contribution >= 0.6 is 0 Å². The van der Waals surface area contributed by atoms with Crippen LogP contribution in [0.1, 0.15) is 27.5 Å². The summed E-state index contributed by atoms with van der Waals surface area (Å²) in [5, 5.41) is 2.67. The van der Waals surface area contributed by atoms with E-state index in [1.807, 2.05) is 24.3 Å². The first kappa shape index (κ1) is 18.3. The number of carbonyl (C=O) groups is 1. The van der Waals surface area contributed by atoms with E-state index in [2.05, 4.69) is 65.6 Å². The maximum atomic E-state index is 11.8. The van der Waals surface area contributed by atoms with Gasteiger partial charge in [-0.15, -0.1) is 5.54 Å². The molecule has 26 heavy (non-hydrogen) atoms. The fourth-order valence-electron chi connectivity index (χ4n) is 3.23. The Labute approximate surface area is 157 Å². The Bertz CT molecular complexity index is 856. The number of anilines is 1. The maximum Gasteiger partial charge on any atom is 0.251 e. The first-order chi connectivity index (χ1) is 12.4. The number of hydrogen-bond acceptors (Lipinski definition) is 2. The fourth-order valence-corrected chi connectivity index (χ4v) is 3.80. The Balaban J connectivity index is 1.99. The van der Waals surface area contributed by atoms with Crippen LogP contribution in [0.2, 0.25) is 19.6 Å². The van der Waals surface area contributed by atoms with E-state index in [-0.39, 0.29) is 11.9 Å². The van der Waals surface area contributed by atoms with Crippen molar-refractivity contribution in [3.8, 4) is 11.5 Å². The lowest BCUT2D eigenvalue weighted by Gasteiger charge is -2.36. The number of amides is 1. The van der Waals surface area contributed by atoms with E-state index in [0.29, 0.717) is 5.56 Å². The average Bonchev–Trinajstić information content (AvgIpc) is 2.64. The highest BCUT2D eigenvalue weighted by molar-refractivity contribution is 6.83. The minimum absolute atomic E-state index is 0.0596. The molecule has 0 saturated carbocycles. The molecule has 4 heteroatoms. The predicted molar refractivity (Wildman–Crippen MR) is 111 cm³/mol. The Morgan fingerprint density at radius 3 is 2.46 bits per heavy atom. The number of rotatable bonds is 2. The van der Waals surface area contributed by atoms with Crippen LogP contribution in [-0.2, 0) is 6.42 Å². The van der Waals surface area contributed by atoms with Crippen LogP contribution in [0.25, 0.3) is 0 Å². The molecule has 0 bridgehead atoms. The summed E-state index contributed by atoms with van der Waals surface area (Å²) >= 11 is 0. The largest absolute Gasteiger partial charge is 0.355 e. The normalized spacial score (nSPS) is 16.3. The van der Waals surface area contributed by atoms with E-state index in [4.69, 9.17) is 0 Å². The molecule has 2 aromatic carbocycles. The summed E-state index contributed by atoms with van der Waals surface area (Å²) in [5.74, 6) is 3.51. The molecule has 0 aliphatic carbocycles. The zero-order valence-electron chi connectivity index (χ0n) is 16.0. The van der Waals surface area contributed by atoms with Crippen molar-refractivity contribution in [1.82, 2.24) is 5.32 Å². The number of nitrogens with one attached hydrogen (secondary N) is 1. The molecule has 0 spiro atoms. The lowest BCUT2D eigenvalue weighted by Crippen LogP contribution is -2.35. The van der Waals surface area contributed by atoms with E-state index in [1.54, 1.807) is 7.05 Å². The minimum atomic E-state index is -1.46. The maximum absolute atomic E-state index is 11.8. The molecule has 2 aromatic rings. The van der Waals surface area contributed by atoms with E-state index < -0.39 is 8.07 Å². The predicted octanol–water partition coefficient (Wildman–Crippen LogP) is 4.03. The second-order valence-corrected chi connectivity index (χ2v) is 12.4. The van der Waals surface area contributed by atoms with Crippen LogP contribution in [0.4, 0.5) is 5.69 Å². The van der Waals surface area contributed by atoms with Crippen molar-refractivity contribution in [3.63, 3.8) is 0 Å². The van der Waals surface area contributed by atoms with Gasteiger partial charge < -0.3 is 10.2 Å². The molecule has 1 unspecified atom stereocenters. The number of benzene rings is 2. The number of fused-ring (bicyclic) bond motifs is 1. The third kappa shape index (κ3) is 4.00. The first-order valence-electron chi connectivity index (χ1n) is 9.08. The molecular weight excluding hydrogens is 336 g/mol. The van der Waals surface area contributed by atoms with Gasteiger partial charge in [-0.25, -0.2) is 0 Å². The third-order valence-corrected chi connectivity index (χ3v) is 5.45. The summed E-state index contributed by atoms with van der Waals surface area (Å²) in [6.07, 6.45) is 1.01. The zero-order valence-corrected chi connectivity index (χ0v) is 17.0. The molecule has 0 fully saturated rings. The second-order valence-electron chi connectivity index (χ2n) is 7.69. The van der Waals surface area contributed by atoms with Gasteiger partial charge in [-0.05, 0) is 41.8 Å². The van der Waals surface area contributed by atoms with Crippen molar-refractivity contribution in [1.29, 1.82) is 0 Å². The van der Waals surface area contributed by atoms with Gasteiger partial charge in [0.05, 0.1) is 0 Å². The molecule has 0 saturated heterocycles. The van der Waals surface area contributed by atoms with E-state index >= 15 is 0 Å². The van der Waals surface area contributed by atoms with Gasteiger partial charge in [0.1, 0.15) is 14.1 Å². The van der Waals surface area contributed by atoms with Gasteiger partial charge in [-0.2, -0.15) is 0 Å². The molecule has 3 rings (SSSR count). The van der Waals surface area contributed by atoms with Gasteiger partial charge in [0.15, 0.2) is 0 Å². The quantitative estimate of drug-likeness (QED) is 0.646. The average molecular weight is 363 g/mol. The fraction of sp³-hybridized carbons (Fsp3) is 0.318. The molecule has 3 nitrogen and oxygen atoms in total. The summed E-state index contributed by atoms with van der Waals surface area (Å²) in [6.45, 7) is 7.76. The topological polar surface area (TPSA) is 32.3 Å². The van der Waals surface area contributed by atoms with Crippen LogP contribution in [0, 0.1) is 11.5 Å². The lowest BCUT2D eigenvalue weighted by atomic mass is 9.92. The molecule has 1 N–H and O–H groups in total. The van der Waals surface area contributed by atoms with E-state index in [0.717, 1.165) is 18.7 Å². The lowest BCUT2D eigenvalue weighted by molar-refractivity contribution is 0.0963. The summed E-state index contributed by atoms with van der Waals surface area (Å²) in [5.41, 5.74) is 8.04. The highest BCUT2D eigenvalue weighted by Crippen LogP contribution is 2.33. The van der Waals surface area contributed by atoms with Gasteiger partial charge in [0.25, 0.3) is 5.91 Å². The molecule has 134 valence electrons. The van der Waals surface area contributed by atoms with Crippen molar-refractivity contribution < 1.29 is 4.79 Å². The van der Waals surface area contributed by atoms with Gasteiger partial charge in [-0.1, -0.05) is 49.8 Å². The molecular formula is C22H26N2OSi. The molecule has 1 atom stereocenters. The van der Waals surface area contributed by atoms with Crippen LogP contribution in [0.15, 0.2) is 48.5 Å². The molecule has 1 heterocycles. The number of carbonyl (C=O) groups excluding carboxylic acids is 1. The molecule has 1 aliphatic heterocycles. The van der Waals surface area contributed by atoms with Gasteiger partial charge in [-0.3, -0.25) is 4.79 Å².